The van der Waals surface area contributed by atoms with Crippen molar-refractivity contribution in [2.75, 3.05) is 20.7 Å². The summed E-state index contributed by atoms with van der Waals surface area (Å²) in [7, 11) is 3.61. The van der Waals surface area contributed by atoms with Gasteiger partial charge in [0.25, 0.3) is 0 Å². The van der Waals surface area contributed by atoms with E-state index in [9.17, 15) is 14.7 Å². The number of piperidine rings is 1. The van der Waals surface area contributed by atoms with Gasteiger partial charge in [-0.05, 0) is 58.0 Å². The van der Waals surface area contributed by atoms with Gasteiger partial charge in [0, 0.05) is 18.0 Å². The number of aliphatic hydroxyl groups is 1. The Balaban J connectivity index is 0.00000274. The summed E-state index contributed by atoms with van der Waals surface area (Å²) >= 11 is 0. The number of carbonyl (C=O) groups is 2. The van der Waals surface area contributed by atoms with E-state index in [4.69, 9.17) is 24.7 Å². The van der Waals surface area contributed by atoms with Gasteiger partial charge in [-0.2, -0.15) is 0 Å². The minimum Gasteiger partial charge on any atom is -0.493 e. The second-order valence-electron chi connectivity index (χ2n) is 9.57. The SMILES string of the molecule is COc1ccc2c3c1O[C@H]1C(OC(=O)[C@H](C)OC(=O)[C@H](C)N)=CC[C@]4(O)C(C2)N(C)CC[C@]314.Cl. The molecule has 3 N–H and O–H groups in total. The molecule has 1 unspecified atom stereocenters. The van der Waals surface area contributed by atoms with Crippen LogP contribution < -0.4 is 15.2 Å². The highest BCUT2D eigenvalue weighted by Gasteiger charge is 2.72. The van der Waals surface area contributed by atoms with Crippen LogP contribution in [0.4, 0.5) is 0 Å². The minimum atomic E-state index is -1.13. The van der Waals surface area contributed by atoms with Crippen molar-refractivity contribution in [3.8, 4) is 11.5 Å². The Bertz CT molecular complexity index is 1060. The first-order valence-electron chi connectivity index (χ1n) is 11.3. The summed E-state index contributed by atoms with van der Waals surface area (Å²) in [5.41, 5.74) is 5.75. The number of hydrogen-bond acceptors (Lipinski definition) is 9. The largest absolute Gasteiger partial charge is 0.493 e. The van der Waals surface area contributed by atoms with Crippen molar-refractivity contribution < 1.29 is 33.6 Å². The molecule has 1 fully saturated rings. The Morgan fingerprint density at radius 1 is 1.29 bits per heavy atom. The summed E-state index contributed by atoms with van der Waals surface area (Å²) in [4.78, 5) is 26.8. The molecule has 2 aliphatic heterocycles. The zero-order valence-corrected chi connectivity index (χ0v) is 20.5. The molecule has 5 rings (SSSR count). The molecule has 9 nitrogen and oxygen atoms in total. The summed E-state index contributed by atoms with van der Waals surface area (Å²) in [5.74, 6) is 0.102. The maximum absolute atomic E-state index is 12.8. The normalized spacial score (nSPS) is 32.2. The third kappa shape index (κ3) is 3.17. The van der Waals surface area contributed by atoms with Gasteiger partial charge in [-0.3, -0.25) is 4.79 Å². The van der Waals surface area contributed by atoms with Crippen molar-refractivity contribution >= 4 is 24.3 Å². The maximum Gasteiger partial charge on any atom is 0.352 e. The topological polar surface area (TPSA) is 121 Å². The van der Waals surface area contributed by atoms with Gasteiger partial charge in [-0.1, -0.05) is 6.07 Å². The molecule has 0 saturated carbocycles. The Kier molecular flexibility index (Phi) is 6.13. The number of methoxy groups -OCH3 is 1. The summed E-state index contributed by atoms with van der Waals surface area (Å²) < 4.78 is 22.9. The number of likely N-dealkylation sites (tertiary alicyclic amines) is 1. The first kappa shape index (κ1) is 24.8. The third-order valence-electron chi connectivity index (χ3n) is 7.77. The molecular formula is C24H31ClN2O7. The van der Waals surface area contributed by atoms with Crippen LogP contribution in [-0.2, 0) is 30.9 Å². The highest BCUT2D eigenvalue weighted by Crippen LogP contribution is 2.65. The summed E-state index contributed by atoms with van der Waals surface area (Å²) in [6.45, 7) is 3.70. The molecule has 1 aromatic rings. The number of nitrogens with zero attached hydrogens (tertiary/aromatic N) is 1. The Labute approximate surface area is 204 Å². The van der Waals surface area contributed by atoms with E-state index in [0.29, 0.717) is 36.5 Å². The van der Waals surface area contributed by atoms with E-state index in [1.54, 1.807) is 13.2 Å². The van der Waals surface area contributed by atoms with Gasteiger partial charge in [0.1, 0.15) is 11.8 Å². The Hall–Kier alpha value is -2.33. The van der Waals surface area contributed by atoms with Crippen molar-refractivity contribution in [2.24, 2.45) is 5.73 Å². The molecule has 2 heterocycles. The zero-order chi connectivity index (χ0) is 23.7. The van der Waals surface area contributed by atoms with E-state index in [2.05, 4.69) is 4.90 Å². The highest BCUT2D eigenvalue weighted by molar-refractivity contribution is 5.85. The zero-order valence-electron chi connectivity index (χ0n) is 19.7. The van der Waals surface area contributed by atoms with Crippen LogP contribution in [0, 0.1) is 0 Å². The van der Waals surface area contributed by atoms with Crippen LogP contribution in [0.2, 0.25) is 0 Å². The summed E-state index contributed by atoms with van der Waals surface area (Å²) in [6.07, 6.45) is 1.56. The van der Waals surface area contributed by atoms with Gasteiger partial charge in [-0.25, -0.2) is 4.79 Å². The third-order valence-corrected chi connectivity index (χ3v) is 7.77. The molecule has 0 amide bonds. The number of ether oxygens (including phenoxy) is 4. The average Bonchev–Trinajstić information content (AvgIpc) is 3.13. The molecule has 6 atom stereocenters. The number of nitrogens with two attached hydrogens (primary N) is 1. The second kappa shape index (κ2) is 8.41. The van der Waals surface area contributed by atoms with Gasteiger partial charge in [0.15, 0.2) is 23.7 Å². The van der Waals surface area contributed by atoms with Crippen LogP contribution in [0.1, 0.15) is 37.8 Å². The monoisotopic (exact) mass is 494 g/mol. The molecule has 186 valence electrons. The molecule has 2 aliphatic carbocycles. The molecule has 4 aliphatic rings. The minimum absolute atomic E-state index is 0. The van der Waals surface area contributed by atoms with Crippen LogP contribution in [-0.4, -0.2) is 72.5 Å². The predicted octanol–water partition coefficient (Wildman–Crippen LogP) is 1.22. The molecule has 1 spiro atoms. The quantitative estimate of drug-likeness (QED) is 0.582. The predicted molar refractivity (Wildman–Crippen MR) is 124 cm³/mol. The van der Waals surface area contributed by atoms with E-state index in [-0.39, 0.29) is 18.4 Å². The fourth-order valence-electron chi connectivity index (χ4n) is 6.12. The second-order valence-corrected chi connectivity index (χ2v) is 9.57. The number of hydrogen-bond donors (Lipinski definition) is 2. The fraction of sp³-hybridized carbons (Fsp3) is 0.583. The molecule has 0 aromatic heterocycles. The molecule has 1 saturated heterocycles. The smallest absolute Gasteiger partial charge is 0.352 e. The lowest BCUT2D eigenvalue weighted by atomic mass is 9.50. The van der Waals surface area contributed by atoms with Gasteiger partial charge in [-0.15, -0.1) is 12.4 Å². The van der Waals surface area contributed by atoms with Gasteiger partial charge in [0.05, 0.1) is 18.1 Å². The van der Waals surface area contributed by atoms with Crippen LogP contribution in [0.15, 0.2) is 24.0 Å². The molecule has 10 heteroatoms. The number of benzene rings is 1. The number of halogens is 1. The van der Waals surface area contributed by atoms with Gasteiger partial charge in [0.2, 0.25) is 0 Å². The standard InChI is InChI=1S/C24H30N2O7.ClH/c1-12(25)21(27)31-13(2)22(28)32-16-7-8-24(29)17-11-14-5-6-15(30-4)19-18(14)23(24,20(16)33-19)9-10-26(17)3;/h5-7,12-13,17,20,29H,8-11,25H2,1-4H3;1H/t12-,13-,17?,20-,23-,24-;/m0./s1. The molecule has 2 bridgehead atoms. The number of esters is 2. The maximum atomic E-state index is 12.8. The highest BCUT2D eigenvalue weighted by atomic mass is 35.5. The lowest BCUT2D eigenvalue weighted by molar-refractivity contribution is -0.175. The molecule has 0 radical (unpaired) electrons. The van der Waals surface area contributed by atoms with Crippen LogP contribution in [0.25, 0.3) is 0 Å². The van der Waals surface area contributed by atoms with Crippen molar-refractivity contribution in [3.05, 3.63) is 35.1 Å². The molecule has 1 aromatic carbocycles. The van der Waals surface area contributed by atoms with Gasteiger partial charge < -0.3 is 34.7 Å². The van der Waals surface area contributed by atoms with Crippen LogP contribution >= 0.6 is 12.4 Å². The van der Waals surface area contributed by atoms with Gasteiger partial charge >= 0.3 is 11.9 Å². The number of carbonyl (C=O) groups excluding carboxylic acids is 2. The van der Waals surface area contributed by atoms with E-state index in [0.717, 1.165) is 17.7 Å². The van der Waals surface area contributed by atoms with Crippen molar-refractivity contribution in [1.29, 1.82) is 0 Å². The summed E-state index contributed by atoms with van der Waals surface area (Å²) in [5, 5.41) is 12.2. The number of rotatable bonds is 5. The van der Waals surface area contributed by atoms with Crippen LogP contribution in [0.3, 0.4) is 0 Å². The Morgan fingerprint density at radius 2 is 2.03 bits per heavy atom. The van der Waals surface area contributed by atoms with E-state index < -0.39 is 41.2 Å². The van der Waals surface area contributed by atoms with Crippen LogP contribution in [0.5, 0.6) is 11.5 Å². The van der Waals surface area contributed by atoms with E-state index in [1.165, 1.54) is 13.8 Å². The Morgan fingerprint density at radius 3 is 2.71 bits per heavy atom. The van der Waals surface area contributed by atoms with Crippen molar-refractivity contribution in [2.45, 2.75) is 68.4 Å². The lowest BCUT2D eigenvalue weighted by Gasteiger charge is -2.61. The van der Waals surface area contributed by atoms with E-state index in [1.807, 2.05) is 19.2 Å². The number of likely N-dealkylation sites (N-methyl/N-ethyl adjacent to an activating group) is 1. The lowest BCUT2D eigenvalue weighted by Crippen LogP contribution is -2.74. The first-order chi connectivity index (χ1) is 15.6. The first-order valence-corrected chi connectivity index (χ1v) is 11.3. The fourth-order valence-corrected chi connectivity index (χ4v) is 6.12. The molecule has 34 heavy (non-hydrogen) atoms. The van der Waals surface area contributed by atoms with E-state index >= 15 is 0 Å². The summed E-state index contributed by atoms with van der Waals surface area (Å²) in [6, 6.07) is 2.98. The van der Waals surface area contributed by atoms with Crippen molar-refractivity contribution in [3.63, 3.8) is 0 Å². The molecular weight excluding hydrogens is 464 g/mol. The van der Waals surface area contributed by atoms with Crippen molar-refractivity contribution in [1.82, 2.24) is 4.90 Å². The average molecular weight is 495 g/mol.